The highest BCUT2D eigenvalue weighted by molar-refractivity contribution is 7.99. The topological polar surface area (TPSA) is 40.9 Å². The molecule has 0 heterocycles. The molecule has 0 bridgehead atoms. The van der Waals surface area contributed by atoms with E-state index in [1.807, 2.05) is 18.2 Å². The first kappa shape index (κ1) is 14.1. The van der Waals surface area contributed by atoms with Crippen LogP contribution in [0, 0.1) is 5.41 Å². The van der Waals surface area contributed by atoms with E-state index in [0.717, 1.165) is 10.5 Å². The largest absolute Gasteiger partial charge is 0.301 e. The molecular formula is C18H17NOS. The molecule has 1 aliphatic rings. The molecule has 3 rings (SSSR count). The lowest BCUT2D eigenvalue weighted by molar-refractivity contribution is 0.106. The highest BCUT2D eigenvalue weighted by atomic mass is 32.2. The molecule has 0 spiro atoms. The van der Waals surface area contributed by atoms with E-state index in [-0.39, 0.29) is 11.5 Å². The van der Waals surface area contributed by atoms with Crippen molar-refractivity contribution in [3.8, 4) is 0 Å². The Bertz CT molecular complexity index is 716. The van der Waals surface area contributed by atoms with Crippen LogP contribution in [-0.4, -0.2) is 11.5 Å². The lowest BCUT2D eigenvalue weighted by Gasteiger charge is -2.07. The van der Waals surface area contributed by atoms with Gasteiger partial charge in [-0.2, -0.15) is 0 Å². The van der Waals surface area contributed by atoms with Crippen molar-refractivity contribution in [2.24, 2.45) is 0 Å². The lowest BCUT2D eigenvalue weighted by atomic mass is 10.0. The minimum absolute atomic E-state index is 0.122. The molecule has 0 atom stereocenters. The second kappa shape index (κ2) is 5.49. The fraction of sp³-hybridized carbons (Fsp3) is 0.222. The molecule has 106 valence electrons. The zero-order valence-electron chi connectivity index (χ0n) is 12.1. The third-order valence-electron chi connectivity index (χ3n) is 3.75. The van der Waals surface area contributed by atoms with E-state index in [1.54, 1.807) is 11.8 Å². The van der Waals surface area contributed by atoms with Crippen molar-refractivity contribution in [1.29, 1.82) is 5.41 Å². The molecule has 3 heteroatoms. The number of fused-ring (bicyclic) bond motifs is 1. The fourth-order valence-corrected chi connectivity index (χ4v) is 3.37. The van der Waals surface area contributed by atoms with E-state index in [4.69, 9.17) is 5.41 Å². The van der Waals surface area contributed by atoms with Crippen molar-refractivity contribution in [3.05, 3.63) is 59.2 Å². The van der Waals surface area contributed by atoms with E-state index in [0.29, 0.717) is 17.9 Å². The predicted molar refractivity (Wildman–Crippen MR) is 86.9 cm³/mol. The summed E-state index contributed by atoms with van der Waals surface area (Å²) in [6, 6.07) is 14.5. The summed E-state index contributed by atoms with van der Waals surface area (Å²) >= 11 is 1.69. The Morgan fingerprint density at radius 2 is 1.71 bits per heavy atom. The maximum Gasteiger partial charge on any atom is 0.207 e. The van der Waals surface area contributed by atoms with Gasteiger partial charge in [0.15, 0.2) is 0 Å². The zero-order valence-corrected chi connectivity index (χ0v) is 13.0. The Labute approximate surface area is 129 Å². The molecule has 0 aliphatic heterocycles. The van der Waals surface area contributed by atoms with Crippen LogP contribution in [0.25, 0.3) is 0 Å². The maximum absolute atomic E-state index is 11.7. The Morgan fingerprint density at radius 3 is 2.38 bits per heavy atom. The lowest BCUT2D eigenvalue weighted by Crippen LogP contribution is -2.04. The van der Waals surface area contributed by atoms with Gasteiger partial charge in [-0.25, -0.2) is 0 Å². The number of nitrogens with one attached hydrogen (secondary N) is 1. The molecule has 1 N–H and O–H groups in total. The summed E-state index contributed by atoms with van der Waals surface area (Å²) in [6.07, 6.45) is 0.467. The van der Waals surface area contributed by atoms with Gasteiger partial charge in [-0.05, 0) is 47.4 Å². The van der Waals surface area contributed by atoms with Gasteiger partial charge < -0.3 is 5.41 Å². The molecule has 2 aromatic carbocycles. The average Bonchev–Trinajstić information content (AvgIpc) is 2.74. The second-order valence-corrected chi connectivity index (χ2v) is 6.78. The Hall–Kier alpha value is -1.87. The number of rotatable bonds is 3. The molecule has 0 unspecified atom stereocenters. The number of benzene rings is 2. The minimum Gasteiger partial charge on any atom is -0.301 e. The van der Waals surface area contributed by atoms with Crippen molar-refractivity contribution < 1.29 is 4.79 Å². The van der Waals surface area contributed by atoms with Crippen LogP contribution in [0.4, 0.5) is 0 Å². The highest BCUT2D eigenvalue weighted by Crippen LogP contribution is 2.32. The maximum atomic E-state index is 11.7. The van der Waals surface area contributed by atoms with E-state index in [2.05, 4.69) is 38.1 Å². The minimum atomic E-state index is -0.122. The monoisotopic (exact) mass is 295 g/mol. The molecule has 0 saturated heterocycles. The summed E-state index contributed by atoms with van der Waals surface area (Å²) < 4.78 is 0. The number of ketones is 1. The summed E-state index contributed by atoms with van der Waals surface area (Å²) in [6.45, 7) is 4.38. The molecule has 0 amide bonds. The first-order valence-electron chi connectivity index (χ1n) is 7.07. The molecule has 0 aromatic heterocycles. The van der Waals surface area contributed by atoms with Crippen molar-refractivity contribution >= 4 is 23.3 Å². The van der Waals surface area contributed by atoms with Crippen LogP contribution in [0.15, 0.2) is 52.3 Å². The molecule has 2 aromatic rings. The summed E-state index contributed by atoms with van der Waals surface area (Å²) in [5, 5.41) is 7.64. The van der Waals surface area contributed by atoms with Gasteiger partial charge in [-0.1, -0.05) is 37.7 Å². The Balaban J connectivity index is 1.81. The van der Waals surface area contributed by atoms with Gasteiger partial charge in [-0.15, -0.1) is 0 Å². The van der Waals surface area contributed by atoms with Gasteiger partial charge in [0.2, 0.25) is 5.78 Å². The van der Waals surface area contributed by atoms with E-state index >= 15 is 0 Å². The van der Waals surface area contributed by atoms with E-state index in [1.165, 1.54) is 10.5 Å². The number of carbonyl (C=O) groups excluding carboxylic acids is 1. The van der Waals surface area contributed by atoms with Crippen LogP contribution < -0.4 is 0 Å². The number of Topliss-reactive ketones (excluding diaryl/α,β-unsaturated/α-hetero) is 1. The fourth-order valence-electron chi connectivity index (χ4n) is 2.49. The van der Waals surface area contributed by atoms with Gasteiger partial charge in [0, 0.05) is 21.8 Å². The quantitative estimate of drug-likeness (QED) is 0.890. The van der Waals surface area contributed by atoms with Crippen LogP contribution in [0.1, 0.15) is 41.3 Å². The molecule has 2 nitrogen and oxygen atoms in total. The Kier molecular flexibility index (Phi) is 3.68. The normalized spacial score (nSPS) is 13.9. The molecule has 0 fully saturated rings. The van der Waals surface area contributed by atoms with Gasteiger partial charge in [0.05, 0.1) is 5.71 Å². The van der Waals surface area contributed by atoms with Crippen LogP contribution in [-0.2, 0) is 6.42 Å². The standard InChI is InChI=1S/C18H17NOS/c1-11(2)12-3-5-14(6-4-12)21-15-7-8-16-13(9-15)10-17(19)18(16)20/h3-9,11,19H,10H2,1-2H3. The number of hydrogen-bond donors (Lipinski definition) is 1. The van der Waals surface area contributed by atoms with Crippen molar-refractivity contribution in [2.45, 2.75) is 36.0 Å². The molecular weight excluding hydrogens is 278 g/mol. The zero-order chi connectivity index (χ0) is 15.0. The van der Waals surface area contributed by atoms with Crippen LogP contribution in [0.5, 0.6) is 0 Å². The summed E-state index contributed by atoms with van der Waals surface area (Å²) in [5.41, 5.74) is 3.22. The Morgan fingerprint density at radius 1 is 1.05 bits per heavy atom. The first-order chi connectivity index (χ1) is 10.0. The molecule has 21 heavy (non-hydrogen) atoms. The summed E-state index contributed by atoms with van der Waals surface area (Å²) in [5.74, 6) is 0.420. The molecule has 0 radical (unpaired) electrons. The predicted octanol–water partition coefficient (Wildman–Crippen LogP) is 4.72. The van der Waals surface area contributed by atoms with E-state index in [9.17, 15) is 4.79 Å². The average molecular weight is 295 g/mol. The van der Waals surface area contributed by atoms with Gasteiger partial charge in [0.25, 0.3) is 0 Å². The van der Waals surface area contributed by atoms with Crippen LogP contribution >= 0.6 is 11.8 Å². The van der Waals surface area contributed by atoms with Crippen LogP contribution in [0.3, 0.4) is 0 Å². The number of hydrogen-bond acceptors (Lipinski definition) is 3. The van der Waals surface area contributed by atoms with Gasteiger partial charge in [0.1, 0.15) is 0 Å². The summed E-state index contributed by atoms with van der Waals surface area (Å²) in [4.78, 5) is 14.0. The van der Waals surface area contributed by atoms with Gasteiger partial charge in [-0.3, -0.25) is 4.79 Å². The first-order valence-corrected chi connectivity index (χ1v) is 7.89. The second-order valence-electron chi connectivity index (χ2n) is 5.63. The summed E-state index contributed by atoms with van der Waals surface area (Å²) in [7, 11) is 0. The smallest absolute Gasteiger partial charge is 0.207 e. The van der Waals surface area contributed by atoms with Gasteiger partial charge >= 0.3 is 0 Å². The van der Waals surface area contributed by atoms with Crippen LogP contribution in [0.2, 0.25) is 0 Å². The van der Waals surface area contributed by atoms with Crippen molar-refractivity contribution in [2.75, 3.05) is 0 Å². The highest BCUT2D eigenvalue weighted by Gasteiger charge is 2.24. The third kappa shape index (κ3) is 2.79. The third-order valence-corrected chi connectivity index (χ3v) is 4.74. The van der Waals surface area contributed by atoms with Crippen molar-refractivity contribution in [1.82, 2.24) is 0 Å². The molecule has 1 aliphatic carbocycles. The SMILES string of the molecule is CC(C)c1ccc(Sc2ccc3c(c2)CC(=N)C3=O)cc1. The molecule has 0 saturated carbocycles. The van der Waals surface area contributed by atoms with E-state index < -0.39 is 0 Å². The van der Waals surface area contributed by atoms with Crippen molar-refractivity contribution in [3.63, 3.8) is 0 Å². The number of carbonyl (C=O) groups is 1.